The molecule has 0 saturated carbocycles. The van der Waals surface area contributed by atoms with Gasteiger partial charge in [-0.15, -0.1) is 0 Å². The van der Waals surface area contributed by atoms with E-state index < -0.39 is 10.0 Å². The molecular formula is C20H21Cl2N3O4S. The van der Waals surface area contributed by atoms with Gasteiger partial charge in [0.05, 0.1) is 5.75 Å². The second-order valence-corrected chi connectivity index (χ2v) is 9.75. The molecule has 0 unspecified atom stereocenters. The molecule has 1 aliphatic heterocycles. The third-order valence-electron chi connectivity index (χ3n) is 4.72. The Morgan fingerprint density at radius 1 is 0.900 bits per heavy atom. The molecule has 3 rings (SSSR count). The molecule has 2 amide bonds. The van der Waals surface area contributed by atoms with Crippen LogP contribution in [0.4, 0.5) is 0 Å². The average Bonchev–Trinajstić information content (AvgIpc) is 2.73. The summed E-state index contributed by atoms with van der Waals surface area (Å²) in [5.41, 5.74) is 0.843. The van der Waals surface area contributed by atoms with E-state index in [9.17, 15) is 18.0 Å². The highest BCUT2D eigenvalue weighted by molar-refractivity contribution is 7.89. The van der Waals surface area contributed by atoms with Crippen LogP contribution in [0.15, 0.2) is 48.5 Å². The Hall–Kier alpha value is -2.13. The zero-order chi connectivity index (χ0) is 21.7. The van der Waals surface area contributed by atoms with Crippen molar-refractivity contribution in [2.45, 2.75) is 0 Å². The van der Waals surface area contributed by atoms with Crippen molar-refractivity contribution in [1.82, 2.24) is 14.5 Å². The lowest BCUT2D eigenvalue weighted by Gasteiger charge is -2.34. The van der Waals surface area contributed by atoms with E-state index in [1.165, 1.54) is 10.4 Å². The van der Waals surface area contributed by atoms with Gasteiger partial charge in [0, 0.05) is 53.9 Å². The Morgan fingerprint density at radius 3 is 2.07 bits per heavy atom. The Bertz CT molecular complexity index is 1040. The third-order valence-corrected chi connectivity index (χ3v) is 7.07. The Kier molecular flexibility index (Phi) is 7.36. The molecule has 0 atom stereocenters. The zero-order valence-electron chi connectivity index (χ0n) is 16.1. The standard InChI is InChI=1S/C20H21Cl2N3O4S/c21-17-5-1-3-15(13-17)19(26)23-7-12-30(28,29)25-10-8-24(9-11-25)20(27)16-4-2-6-18(22)14-16/h1-6,13-14H,7-12H2,(H,23,26). The molecule has 10 heteroatoms. The van der Waals surface area contributed by atoms with Gasteiger partial charge in [-0.2, -0.15) is 4.31 Å². The van der Waals surface area contributed by atoms with Gasteiger partial charge in [-0.25, -0.2) is 8.42 Å². The summed E-state index contributed by atoms with van der Waals surface area (Å²) in [5.74, 6) is -0.783. The van der Waals surface area contributed by atoms with Crippen LogP contribution < -0.4 is 5.32 Å². The van der Waals surface area contributed by atoms with E-state index in [-0.39, 0.29) is 37.2 Å². The number of amides is 2. The van der Waals surface area contributed by atoms with E-state index in [4.69, 9.17) is 23.2 Å². The van der Waals surface area contributed by atoms with Gasteiger partial charge in [0.2, 0.25) is 10.0 Å². The molecule has 0 aromatic heterocycles. The third kappa shape index (κ3) is 5.72. The predicted molar refractivity (Wildman–Crippen MR) is 117 cm³/mol. The predicted octanol–water partition coefficient (Wildman–Crippen LogP) is 2.51. The molecule has 1 saturated heterocycles. The smallest absolute Gasteiger partial charge is 0.253 e. The number of sulfonamides is 1. The van der Waals surface area contributed by atoms with Gasteiger partial charge in [0.15, 0.2) is 0 Å². The fourth-order valence-corrected chi connectivity index (χ4v) is 4.85. The van der Waals surface area contributed by atoms with Crippen LogP contribution in [0.25, 0.3) is 0 Å². The van der Waals surface area contributed by atoms with Crippen molar-refractivity contribution in [2.24, 2.45) is 0 Å². The maximum Gasteiger partial charge on any atom is 0.253 e. The number of nitrogens with zero attached hydrogens (tertiary/aromatic N) is 2. The number of rotatable bonds is 6. The SMILES string of the molecule is O=C(NCCS(=O)(=O)N1CCN(C(=O)c2cccc(Cl)c2)CC1)c1cccc(Cl)c1. The van der Waals surface area contributed by atoms with E-state index in [0.717, 1.165) is 0 Å². The normalized spacial score (nSPS) is 15.1. The number of carbonyl (C=O) groups is 2. The molecule has 2 aromatic rings. The number of hydrogen-bond donors (Lipinski definition) is 1. The number of halogens is 2. The first-order chi connectivity index (χ1) is 14.3. The lowest BCUT2D eigenvalue weighted by Crippen LogP contribution is -2.51. The second-order valence-electron chi connectivity index (χ2n) is 6.78. The highest BCUT2D eigenvalue weighted by Crippen LogP contribution is 2.15. The average molecular weight is 470 g/mol. The summed E-state index contributed by atoms with van der Waals surface area (Å²) in [4.78, 5) is 26.3. The van der Waals surface area contributed by atoms with Crippen molar-refractivity contribution >= 4 is 45.0 Å². The highest BCUT2D eigenvalue weighted by atomic mass is 35.5. The van der Waals surface area contributed by atoms with E-state index >= 15 is 0 Å². The fourth-order valence-electron chi connectivity index (χ4n) is 3.13. The Labute approximate surface area is 185 Å². The number of hydrogen-bond acceptors (Lipinski definition) is 4. The zero-order valence-corrected chi connectivity index (χ0v) is 18.4. The molecular weight excluding hydrogens is 449 g/mol. The van der Waals surface area contributed by atoms with E-state index in [1.807, 2.05) is 0 Å². The van der Waals surface area contributed by atoms with Crippen molar-refractivity contribution < 1.29 is 18.0 Å². The van der Waals surface area contributed by atoms with Gasteiger partial charge in [-0.1, -0.05) is 35.3 Å². The molecule has 1 N–H and O–H groups in total. The molecule has 1 aliphatic rings. The van der Waals surface area contributed by atoms with Crippen molar-refractivity contribution in [3.63, 3.8) is 0 Å². The second kappa shape index (κ2) is 9.78. The maximum atomic E-state index is 12.6. The number of carbonyl (C=O) groups excluding carboxylic acids is 2. The van der Waals surface area contributed by atoms with E-state index in [2.05, 4.69) is 5.32 Å². The van der Waals surface area contributed by atoms with E-state index in [1.54, 1.807) is 47.4 Å². The Balaban J connectivity index is 1.49. The van der Waals surface area contributed by atoms with Crippen LogP contribution in [0, 0.1) is 0 Å². The summed E-state index contributed by atoms with van der Waals surface area (Å²) >= 11 is 11.8. The first-order valence-electron chi connectivity index (χ1n) is 9.33. The van der Waals surface area contributed by atoms with Gasteiger partial charge >= 0.3 is 0 Å². The lowest BCUT2D eigenvalue weighted by molar-refractivity contribution is 0.0697. The van der Waals surface area contributed by atoms with Gasteiger partial charge in [-0.3, -0.25) is 9.59 Å². The summed E-state index contributed by atoms with van der Waals surface area (Å²) in [7, 11) is -3.56. The van der Waals surface area contributed by atoms with Crippen LogP contribution in [0.5, 0.6) is 0 Å². The number of nitrogens with one attached hydrogen (secondary N) is 1. The van der Waals surface area contributed by atoms with Crippen LogP contribution in [0.1, 0.15) is 20.7 Å². The summed E-state index contributed by atoms with van der Waals surface area (Å²) in [5, 5.41) is 3.50. The molecule has 0 aliphatic carbocycles. The first kappa shape index (κ1) is 22.6. The van der Waals surface area contributed by atoms with Crippen molar-refractivity contribution in [1.29, 1.82) is 0 Å². The summed E-state index contributed by atoms with van der Waals surface area (Å²) in [6.07, 6.45) is 0. The molecule has 2 aromatic carbocycles. The van der Waals surface area contributed by atoms with Crippen LogP contribution in [0.2, 0.25) is 10.0 Å². The van der Waals surface area contributed by atoms with E-state index in [0.29, 0.717) is 34.3 Å². The summed E-state index contributed by atoms with van der Waals surface area (Å²) in [6, 6.07) is 13.1. The van der Waals surface area contributed by atoms with Gasteiger partial charge in [-0.05, 0) is 36.4 Å². The lowest BCUT2D eigenvalue weighted by atomic mass is 10.2. The number of benzene rings is 2. The van der Waals surface area contributed by atoms with Gasteiger partial charge < -0.3 is 10.2 Å². The van der Waals surface area contributed by atoms with Crippen molar-refractivity contribution in [3.8, 4) is 0 Å². The first-order valence-corrected chi connectivity index (χ1v) is 11.7. The highest BCUT2D eigenvalue weighted by Gasteiger charge is 2.29. The van der Waals surface area contributed by atoms with Gasteiger partial charge in [0.1, 0.15) is 0 Å². The monoisotopic (exact) mass is 469 g/mol. The minimum atomic E-state index is -3.56. The minimum Gasteiger partial charge on any atom is -0.351 e. The van der Waals surface area contributed by atoms with Crippen LogP contribution in [-0.4, -0.2) is 67.9 Å². The maximum absolute atomic E-state index is 12.6. The Morgan fingerprint density at radius 2 is 1.47 bits per heavy atom. The van der Waals surface area contributed by atoms with Crippen LogP contribution >= 0.6 is 23.2 Å². The van der Waals surface area contributed by atoms with Crippen LogP contribution in [0.3, 0.4) is 0 Å². The largest absolute Gasteiger partial charge is 0.351 e. The molecule has 1 heterocycles. The molecule has 160 valence electrons. The molecule has 30 heavy (non-hydrogen) atoms. The molecule has 0 bridgehead atoms. The van der Waals surface area contributed by atoms with Gasteiger partial charge in [0.25, 0.3) is 11.8 Å². The molecule has 1 fully saturated rings. The fraction of sp³-hybridized carbons (Fsp3) is 0.300. The molecule has 7 nitrogen and oxygen atoms in total. The van der Waals surface area contributed by atoms with Crippen molar-refractivity contribution in [2.75, 3.05) is 38.5 Å². The van der Waals surface area contributed by atoms with Crippen molar-refractivity contribution in [3.05, 3.63) is 69.7 Å². The molecule has 0 spiro atoms. The number of piperazine rings is 1. The quantitative estimate of drug-likeness (QED) is 0.703. The molecule has 0 radical (unpaired) electrons. The van der Waals surface area contributed by atoms with Crippen LogP contribution in [-0.2, 0) is 10.0 Å². The minimum absolute atomic E-state index is 0.0185. The summed E-state index contributed by atoms with van der Waals surface area (Å²) in [6.45, 7) is 0.974. The topological polar surface area (TPSA) is 86.8 Å². The summed E-state index contributed by atoms with van der Waals surface area (Å²) < 4.78 is 26.5.